The molecule has 114 valence electrons. The van der Waals surface area contributed by atoms with Crippen molar-refractivity contribution in [2.24, 2.45) is 10.7 Å². The molecule has 1 aliphatic heterocycles. The van der Waals surface area contributed by atoms with E-state index in [4.69, 9.17) is 5.73 Å². The molecule has 1 rings (SSSR count). The number of nitrogens with zero attached hydrogens (tertiary/aromatic N) is 4. The van der Waals surface area contributed by atoms with Crippen LogP contribution in [0.1, 0.15) is 20.8 Å². The summed E-state index contributed by atoms with van der Waals surface area (Å²) >= 11 is 0. The van der Waals surface area contributed by atoms with E-state index in [-0.39, 0.29) is 24.0 Å². The smallest absolute Gasteiger partial charge is 0.191 e. The van der Waals surface area contributed by atoms with Crippen LogP contribution in [0.25, 0.3) is 0 Å². The maximum atomic E-state index is 5.99. The van der Waals surface area contributed by atoms with Gasteiger partial charge in [-0.1, -0.05) is 0 Å². The lowest BCUT2D eigenvalue weighted by Gasteiger charge is -2.36. The van der Waals surface area contributed by atoms with Crippen molar-refractivity contribution in [3.8, 4) is 0 Å². The van der Waals surface area contributed by atoms with Gasteiger partial charge in [0.15, 0.2) is 5.96 Å². The first-order valence-electron chi connectivity index (χ1n) is 7.05. The van der Waals surface area contributed by atoms with Crippen LogP contribution in [-0.4, -0.2) is 79.6 Å². The standard InChI is InChI=1S/C13H29N5.HI/c1-5-17(6-2)13(14)15-11-12(3)18-9-7-16(4)8-10-18;/h12H,5-11H2,1-4H3,(H2,14,15);1H. The summed E-state index contributed by atoms with van der Waals surface area (Å²) in [5.74, 6) is 0.681. The monoisotopic (exact) mass is 383 g/mol. The number of aliphatic imine (C=N–C) groups is 1. The Bertz CT molecular complexity index is 260. The molecule has 19 heavy (non-hydrogen) atoms. The number of rotatable bonds is 5. The first-order valence-corrected chi connectivity index (χ1v) is 7.05. The molecule has 0 spiro atoms. The van der Waals surface area contributed by atoms with Crippen LogP contribution >= 0.6 is 24.0 Å². The lowest BCUT2D eigenvalue weighted by Crippen LogP contribution is -2.49. The molecule has 1 heterocycles. The predicted octanol–water partition coefficient (Wildman–Crippen LogP) is 0.897. The fourth-order valence-corrected chi connectivity index (χ4v) is 2.25. The van der Waals surface area contributed by atoms with Crippen molar-refractivity contribution in [1.82, 2.24) is 14.7 Å². The maximum Gasteiger partial charge on any atom is 0.191 e. The zero-order valence-corrected chi connectivity index (χ0v) is 15.1. The quantitative estimate of drug-likeness (QED) is 0.435. The molecule has 0 amide bonds. The summed E-state index contributed by atoms with van der Waals surface area (Å²) in [5.41, 5.74) is 5.99. The van der Waals surface area contributed by atoms with Gasteiger partial charge >= 0.3 is 0 Å². The number of piperazine rings is 1. The van der Waals surface area contributed by atoms with Crippen molar-refractivity contribution in [3.63, 3.8) is 0 Å². The van der Waals surface area contributed by atoms with E-state index < -0.39 is 0 Å². The first kappa shape index (κ1) is 18.9. The molecule has 0 bridgehead atoms. The molecule has 0 saturated carbocycles. The van der Waals surface area contributed by atoms with Gasteiger partial charge < -0.3 is 15.5 Å². The summed E-state index contributed by atoms with van der Waals surface area (Å²) in [7, 11) is 2.18. The Kier molecular flexibility index (Phi) is 9.72. The van der Waals surface area contributed by atoms with E-state index in [1.807, 2.05) is 0 Å². The molecule has 1 saturated heterocycles. The Morgan fingerprint density at radius 1 is 1.21 bits per heavy atom. The Morgan fingerprint density at radius 3 is 2.21 bits per heavy atom. The van der Waals surface area contributed by atoms with E-state index in [1.54, 1.807) is 0 Å². The Labute approximate surface area is 135 Å². The van der Waals surface area contributed by atoms with Crippen LogP contribution in [0, 0.1) is 0 Å². The van der Waals surface area contributed by atoms with Gasteiger partial charge in [-0.25, -0.2) is 0 Å². The maximum absolute atomic E-state index is 5.99. The van der Waals surface area contributed by atoms with E-state index in [0.29, 0.717) is 12.0 Å². The highest BCUT2D eigenvalue weighted by molar-refractivity contribution is 14.0. The van der Waals surface area contributed by atoms with E-state index in [1.165, 1.54) is 0 Å². The summed E-state index contributed by atoms with van der Waals surface area (Å²) in [6.07, 6.45) is 0. The van der Waals surface area contributed by atoms with E-state index >= 15 is 0 Å². The van der Waals surface area contributed by atoms with Gasteiger partial charge in [-0.05, 0) is 27.8 Å². The van der Waals surface area contributed by atoms with Gasteiger partial charge in [-0.15, -0.1) is 24.0 Å². The van der Waals surface area contributed by atoms with Gasteiger partial charge in [0.25, 0.3) is 0 Å². The second-order valence-electron chi connectivity index (χ2n) is 5.06. The van der Waals surface area contributed by atoms with Gasteiger partial charge in [0.05, 0.1) is 6.54 Å². The van der Waals surface area contributed by atoms with Crippen molar-refractivity contribution in [3.05, 3.63) is 0 Å². The van der Waals surface area contributed by atoms with Crippen LogP contribution in [0.5, 0.6) is 0 Å². The van der Waals surface area contributed by atoms with Gasteiger partial charge in [-0.3, -0.25) is 9.89 Å². The number of hydrogen-bond acceptors (Lipinski definition) is 3. The minimum atomic E-state index is 0. The molecule has 0 aromatic heterocycles. The van der Waals surface area contributed by atoms with Crippen LogP contribution in [0.2, 0.25) is 0 Å². The number of nitrogens with two attached hydrogens (primary N) is 1. The molecule has 1 aliphatic rings. The van der Waals surface area contributed by atoms with Gasteiger partial charge in [0, 0.05) is 45.3 Å². The zero-order valence-electron chi connectivity index (χ0n) is 12.8. The average molecular weight is 383 g/mol. The lowest BCUT2D eigenvalue weighted by molar-refractivity contribution is 0.122. The number of halogens is 1. The molecule has 1 fully saturated rings. The highest BCUT2D eigenvalue weighted by Gasteiger charge is 2.18. The van der Waals surface area contributed by atoms with Crippen molar-refractivity contribution in [2.75, 3.05) is 52.9 Å². The Morgan fingerprint density at radius 2 is 1.74 bits per heavy atom. The largest absolute Gasteiger partial charge is 0.370 e. The molecule has 1 unspecified atom stereocenters. The zero-order chi connectivity index (χ0) is 13.5. The van der Waals surface area contributed by atoms with E-state index in [2.05, 4.69) is 47.5 Å². The molecule has 0 aromatic rings. The molecular weight excluding hydrogens is 353 g/mol. The van der Waals surface area contributed by atoms with Crippen molar-refractivity contribution < 1.29 is 0 Å². The second kappa shape index (κ2) is 9.77. The van der Waals surface area contributed by atoms with Crippen LogP contribution < -0.4 is 5.73 Å². The minimum Gasteiger partial charge on any atom is -0.370 e. The normalized spacial score (nSPS) is 19.9. The molecule has 0 aromatic carbocycles. The molecule has 1 atom stereocenters. The third-order valence-corrected chi connectivity index (χ3v) is 3.77. The topological polar surface area (TPSA) is 48.1 Å². The van der Waals surface area contributed by atoms with E-state index in [9.17, 15) is 0 Å². The molecule has 2 N–H and O–H groups in total. The fraction of sp³-hybridized carbons (Fsp3) is 0.923. The van der Waals surface area contributed by atoms with Crippen molar-refractivity contribution >= 4 is 29.9 Å². The molecule has 5 nitrogen and oxygen atoms in total. The van der Waals surface area contributed by atoms with Crippen molar-refractivity contribution in [1.29, 1.82) is 0 Å². The van der Waals surface area contributed by atoms with Gasteiger partial charge in [0.2, 0.25) is 0 Å². The van der Waals surface area contributed by atoms with Gasteiger partial charge in [0.1, 0.15) is 0 Å². The summed E-state index contributed by atoms with van der Waals surface area (Å²) in [6.45, 7) is 13.7. The molecule has 6 heteroatoms. The predicted molar refractivity (Wildman–Crippen MR) is 93.4 cm³/mol. The average Bonchev–Trinajstić information content (AvgIpc) is 2.38. The third-order valence-electron chi connectivity index (χ3n) is 3.77. The van der Waals surface area contributed by atoms with Crippen LogP contribution in [-0.2, 0) is 0 Å². The highest BCUT2D eigenvalue weighted by Crippen LogP contribution is 2.05. The van der Waals surface area contributed by atoms with Crippen molar-refractivity contribution in [2.45, 2.75) is 26.8 Å². The lowest BCUT2D eigenvalue weighted by atomic mass is 10.2. The minimum absolute atomic E-state index is 0. The summed E-state index contributed by atoms with van der Waals surface area (Å²) < 4.78 is 0. The number of likely N-dealkylation sites (N-methyl/N-ethyl adjacent to an activating group) is 1. The van der Waals surface area contributed by atoms with Crippen LogP contribution in [0.3, 0.4) is 0 Å². The first-order chi connectivity index (χ1) is 8.58. The second-order valence-corrected chi connectivity index (χ2v) is 5.06. The molecular formula is C13H30IN5. The molecule has 0 aliphatic carbocycles. The molecule has 0 radical (unpaired) electrons. The number of guanidine groups is 1. The highest BCUT2D eigenvalue weighted by atomic mass is 127. The Balaban J connectivity index is 0.00000324. The summed E-state index contributed by atoms with van der Waals surface area (Å²) in [5, 5.41) is 0. The van der Waals surface area contributed by atoms with Gasteiger partial charge in [-0.2, -0.15) is 0 Å². The van der Waals surface area contributed by atoms with Crippen LogP contribution in [0.4, 0.5) is 0 Å². The third kappa shape index (κ3) is 6.27. The SMILES string of the molecule is CCN(CC)C(N)=NCC(C)N1CCN(C)CC1.I. The Hall–Kier alpha value is -0.0800. The summed E-state index contributed by atoms with van der Waals surface area (Å²) in [6, 6.07) is 0.479. The van der Waals surface area contributed by atoms with E-state index in [0.717, 1.165) is 45.8 Å². The van der Waals surface area contributed by atoms with Crippen LogP contribution in [0.15, 0.2) is 4.99 Å². The fourth-order valence-electron chi connectivity index (χ4n) is 2.25. The number of hydrogen-bond donors (Lipinski definition) is 1. The summed E-state index contributed by atoms with van der Waals surface area (Å²) in [4.78, 5) is 11.5.